The number of H-pyrrole nitrogens is 1. The molecule has 7 nitrogen and oxygen atoms in total. The molecule has 1 atom stereocenters. The standard InChI is InChI=1S/C24H25ClN4O3/c1-14-26-23-21(32-14)7-6-20-22(23)16(12-25)13-29(20)24(30)19-11-15-10-17(4-5-18(15)27-19)31-9-8-28(2)3/h4-7,10-11,16,27H,8-9,12-13H2,1-3H3. The molecule has 0 fully saturated rings. The molecule has 2 aromatic carbocycles. The van der Waals surface area contributed by atoms with Crippen LogP contribution in [0.3, 0.4) is 0 Å². The molecule has 1 N–H and O–H groups in total. The lowest BCUT2D eigenvalue weighted by Crippen LogP contribution is -2.30. The summed E-state index contributed by atoms with van der Waals surface area (Å²) in [5.41, 5.74) is 4.76. The fourth-order valence-corrected chi connectivity index (χ4v) is 4.54. The lowest BCUT2D eigenvalue weighted by molar-refractivity contribution is 0.0984. The van der Waals surface area contributed by atoms with Crippen LogP contribution in [0, 0.1) is 6.92 Å². The fraction of sp³-hybridized carbons (Fsp3) is 0.333. The Morgan fingerprint density at radius 1 is 1.31 bits per heavy atom. The van der Waals surface area contributed by atoms with Gasteiger partial charge in [-0.1, -0.05) is 0 Å². The first-order valence-electron chi connectivity index (χ1n) is 10.6. The molecule has 32 heavy (non-hydrogen) atoms. The van der Waals surface area contributed by atoms with Gasteiger partial charge < -0.3 is 23.9 Å². The SMILES string of the molecule is Cc1nc2c3c(ccc2o1)N(C(=O)c1cc2cc(OCCN(C)C)ccc2[nH]1)CC3CCl. The summed E-state index contributed by atoms with van der Waals surface area (Å²) in [5.74, 6) is 1.71. The van der Waals surface area contributed by atoms with Gasteiger partial charge in [-0.25, -0.2) is 4.98 Å². The molecule has 1 aliphatic rings. The summed E-state index contributed by atoms with van der Waals surface area (Å²) >= 11 is 6.28. The van der Waals surface area contributed by atoms with E-state index in [0.717, 1.165) is 45.5 Å². The van der Waals surface area contributed by atoms with Crippen molar-refractivity contribution in [3.05, 3.63) is 53.5 Å². The number of likely N-dealkylation sites (N-methyl/N-ethyl adjacent to an activating group) is 1. The number of amides is 1. The summed E-state index contributed by atoms with van der Waals surface area (Å²) in [6.45, 7) is 3.78. The van der Waals surface area contributed by atoms with Crippen LogP contribution in [0.15, 0.2) is 40.8 Å². The third-order valence-electron chi connectivity index (χ3n) is 5.85. The highest BCUT2D eigenvalue weighted by Crippen LogP contribution is 2.42. The zero-order valence-corrected chi connectivity index (χ0v) is 19.1. The average molecular weight is 453 g/mol. The van der Waals surface area contributed by atoms with E-state index in [9.17, 15) is 4.79 Å². The lowest BCUT2D eigenvalue weighted by atomic mass is 10.0. The number of anilines is 1. The second kappa shape index (κ2) is 8.15. The number of fused-ring (bicyclic) bond motifs is 4. The zero-order chi connectivity index (χ0) is 22.4. The van der Waals surface area contributed by atoms with Crippen molar-refractivity contribution in [2.45, 2.75) is 12.8 Å². The number of halogens is 1. The van der Waals surface area contributed by atoms with E-state index in [-0.39, 0.29) is 11.8 Å². The van der Waals surface area contributed by atoms with Crippen LogP contribution in [0.5, 0.6) is 5.75 Å². The number of oxazole rings is 1. The summed E-state index contributed by atoms with van der Waals surface area (Å²) in [6, 6.07) is 11.5. The van der Waals surface area contributed by atoms with Crippen LogP contribution in [0.4, 0.5) is 5.69 Å². The van der Waals surface area contributed by atoms with Crippen molar-refractivity contribution in [1.82, 2.24) is 14.9 Å². The summed E-state index contributed by atoms with van der Waals surface area (Å²) in [5, 5.41) is 0.937. The molecule has 1 amide bonds. The number of aryl methyl sites for hydroxylation is 1. The maximum absolute atomic E-state index is 13.5. The molecule has 0 spiro atoms. The number of aromatic nitrogens is 2. The van der Waals surface area contributed by atoms with E-state index in [1.165, 1.54) is 0 Å². The first-order valence-corrected chi connectivity index (χ1v) is 11.2. The molecule has 0 aliphatic carbocycles. The van der Waals surface area contributed by atoms with Gasteiger partial charge in [-0.15, -0.1) is 11.6 Å². The molecule has 1 aliphatic heterocycles. The number of carbonyl (C=O) groups is 1. The van der Waals surface area contributed by atoms with E-state index in [1.807, 2.05) is 57.4 Å². The summed E-state index contributed by atoms with van der Waals surface area (Å²) in [7, 11) is 4.02. The Bertz CT molecular complexity index is 1310. The Hall–Kier alpha value is -3.03. The van der Waals surface area contributed by atoms with Crippen molar-refractivity contribution in [1.29, 1.82) is 0 Å². The Labute approximate surface area is 190 Å². The molecule has 0 bridgehead atoms. The quantitative estimate of drug-likeness (QED) is 0.435. The summed E-state index contributed by atoms with van der Waals surface area (Å²) in [4.78, 5) is 25.1. The van der Waals surface area contributed by atoms with Crippen LogP contribution in [0.25, 0.3) is 22.0 Å². The third-order valence-corrected chi connectivity index (χ3v) is 6.22. The van der Waals surface area contributed by atoms with Gasteiger partial charge in [0.2, 0.25) is 0 Å². The van der Waals surface area contributed by atoms with Crippen molar-refractivity contribution in [2.24, 2.45) is 0 Å². The third kappa shape index (κ3) is 3.61. The fourth-order valence-electron chi connectivity index (χ4n) is 4.29. The molecule has 0 saturated carbocycles. The van der Waals surface area contributed by atoms with Crippen molar-refractivity contribution >= 4 is 45.2 Å². The van der Waals surface area contributed by atoms with Crippen LogP contribution in [0.1, 0.15) is 27.9 Å². The molecule has 166 valence electrons. The molecule has 2 aromatic heterocycles. The Balaban J connectivity index is 1.45. The molecule has 3 heterocycles. The number of rotatable bonds is 6. The van der Waals surface area contributed by atoms with Gasteiger partial charge in [0.1, 0.15) is 23.6 Å². The van der Waals surface area contributed by atoms with Gasteiger partial charge in [0.25, 0.3) is 5.91 Å². The maximum atomic E-state index is 13.5. The smallest absolute Gasteiger partial charge is 0.274 e. The highest BCUT2D eigenvalue weighted by molar-refractivity contribution is 6.19. The predicted octanol–water partition coefficient (Wildman–Crippen LogP) is 4.54. The van der Waals surface area contributed by atoms with Crippen LogP contribution in [-0.2, 0) is 0 Å². The lowest BCUT2D eigenvalue weighted by Gasteiger charge is -2.16. The van der Waals surface area contributed by atoms with Gasteiger partial charge in [-0.3, -0.25) is 4.79 Å². The topological polar surface area (TPSA) is 74.6 Å². The number of nitrogens with one attached hydrogen (secondary N) is 1. The highest BCUT2D eigenvalue weighted by Gasteiger charge is 2.35. The highest BCUT2D eigenvalue weighted by atomic mass is 35.5. The number of hydrogen-bond acceptors (Lipinski definition) is 5. The van der Waals surface area contributed by atoms with Gasteiger partial charge in [0.05, 0.1) is 5.69 Å². The molecule has 5 rings (SSSR count). The van der Waals surface area contributed by atoms with Crippen LogP contribution in [-0.4, -0.2) is 60.4 Å². The second-order valence-electron chi connectivity index (χ2n) is 8.43. The number of alkyl halides is 1. The van der Waals surface area contributed by atoms with E-state index in [2.05, 4.69) is 14.9 Å². The zero-order valence-electron chi connectivity index (χ0n) is 18.3. The molecular weight excluding hydrogens is 428 g/mol. The van der Waals surface area contributed by atoms with E-state index in [4.69, 9.17) is 20.8 Å². The van der Waals surface area contributed by atoms with E-state index >= 15 is 0 Å². The average Bonchev–Trinajstić information content (AvgIpc) is 3.45. The molecule has 4 aromatic rings. The number of nitrogens with zero attached hydrogens (tertiary/aromatic N) is 3. The van der Waals surface area contributed by atoms with Crippen LogP contribution >= 0.6 is 11.6 Å². The number of hydrogen-bond donors (Lipinski definition) is 1. The van der Waals surface area contributed by atoms with Gasteiger partial charge in [-0.05, 0) is 50.5 Å². The van der Waals surface area contributed by atoms with E-state index in [0.29, 0.717) is 30.6 Å². The van der Waals surface area contributed by atoms with Gasteiger partial charge in [0.15, 0.2) is 11.5 Å². The molecule has 0 radical (unpaired) electrons. The molecule has 8 heteroatoms. The van der Waals surface area contributed by atoms with Crippen molar-refractivity contribution in [2.75, 3.05) is 44.6 Å². The minimum Gasteiger partial charge on any atom is -0.492 e. The minimum atomic E-state index is -0.0929. The normalized spacial score (nSPS) is 15.8. The predicted molar refractivity (Wildman–Crippen MR) is 126 cm³/mol. The van der Waals surface area contributed by atoms with Gasteiger partial charge >= 0.3 is 0 Å². The Morgan fingerprint density at radius 2 is 2.16 bits per heavy atom. The summed E-state index contributed by atoms with van der Waals surface area (Å²) < 4.78 is 11.5. The number of ether oxygens (including phenoxy) is 1. The minimum absolute atomic E-state index is 0.00453. The Morgan fingerprint density at radius 3 is 2.94 bits per heavy atom. The van der Waals surface area contributed by atoms with Crippen molar-refractivity contribution < 1.29 is 13.9 Å². The van der Waals surface area contributed by atoms with E-state index in [1.54, 1.807) is 4.90 Å². The number of benzene rings is 2. The monoisotopic (exact) mass is 452 g/mol. The van der Waals surface area contributed by atoms with E-state index < -0.39 is 0 Å². The second-order valence-corrected chi connectivity index (χ2v) is 8.74. The van der Waals surface area contributed by atoms with Crippen LogP contribution < -0.4 is 9.64 Å². The van der Waals surface area contributed by atoms with Crippen molar-refractivity contribution in [3.63, 3.8) is 0 Å². The largest absolute Gasteiger partial charge is 0.492 e. The van der Waals surface area contributed by atoms with Crippen LogP contribution in [0.2, 0.25) is 0 Å². The first-order chi connectivity index (χ1) is 15.4. The first kappa shape index (κ1) is 20.8. The Kier molecular flexibility index (Phi) is 5.31. The molecule has 1 unspecified atom stereocenters. The van der Waals surface area contributed by atoms with Gasteiger partial charge in [-0.2, -0.15) is 0 Å². The molecule has 0 saturated heterocycles. The van der Waals surface area contributed by atoms with Gasteiger partial charge in [0, 0.05) is 48.3 Å². The maximum Gasteiger partial charge on any atom is 0.274 e. The number of carbonyl (C=O) groups excluding carboxylic acids is 1. The summed E-state index contributed by atoms with van der Waals surface area (Å²) in [6.07, 6.45) is 0. The molecular formula is C24H25ClN4O3. The van der Waals surface area contributed by atoms with Crippen molar-refractivity contribution in [3.8, 4) is 5.75 Å². The number of aromatic amines is 1.